The Balaban J connectivity index is 3.08. The van der Waals surface area contributed by atoms with Gasteiger partial charge in [-0.05, 0) is 36.6 Å². The number of hydrogen-bond acceptors (Lipinski definition) is 1. The van der Waals surface area contributed by atoms with Crippen LogP contribution in [0.15, 0.2) is 42.7 Å². The molecule has 0 spiro atoms. The van der Waals surface area contributed by atoms with Crippen molar-refractivity contribution < 1.29 is 5.11 Å². The molecule has 1 heteroatoms. The molecule has 0 aliphatic rings. The van der Waals surface area contributed by atoms with Crippen molar-refractivity contribution in [1.29, 1.82) is 0 Å². The van der Waals surface area contributed by atoms with Gasteiger partial charge in [0.15, 0.2) is 0 Å². The summed E-state index contributed by atoms with van der Waals surface area (Å²) in [6.45, 7) is 7.44. The zero-order chi connectivity index (χ0) is 9.84. The fraction of sp³-hybridized carbons (Fsp3) is 0.167. The lowest BCUT2D eigenvalue weighted by molar-refractivity contribution is 0.435. The largest absolute Gasteiger partial charge is 0.509 e. The molecule has 0 fully saturated rings. The molecule has 0 aliphatic heterocycles. The van der Waals surface area contributed by atoms with Crippen LogP contribution in [0.3, 0.4) is 0 Å². The average Bonchev–Trinajstić information content (AvgIpc) is 2.03. The van der Waals surface area contributed by atoms with Crippen LogP contribution < -0.4 is 0 Å². The van der Waals surface area contributed by atoms with E-state index in [-0.39, 0.29) is 5.76 Å². The minimum Gasteiger partial charge on any atom is -0.509 e. The second-order valence-corrected chi connectivity index (χ2v) is 3.13. The summed E-state index contributed by atoms with van der Waals surface area (Å²) in [5, 5.41) is 9.00. The van der Waals surface area contributed by atoms with Crippen LogP contribution in [0, 0.1) is 6.92 Å². The number of aliphatic hydroxyl groups is 1. The van der Waals surface area contributed by atoms with Crippen LogP contribution in [-0.2, 0) is 0 Å². The minimum atomic E-state index is 0.0979. The first-order valence-electron chi connectivity index (χ1n) is 4.23. The van der Waals surface area contributed by atoms with E-state index in [0.717, 1.165) is 11.1 Å². The second-order valence-electron chi connectivity index (χ2n) is 3.13. The van der Waals surface area contributed by atoms with Crippen LogP contribution in [0.25, 0.3) is 5.57 Å². The van der Waals surface area contributed by atoms with Crippen LogP contribution in [0.1, 0.15) is 18.1 Å². The number of aryl methyl sites for hydroxylation is 1. The molecule has 0 amide bonds. The summed E-state index contributed by atoms with van der Waals surface area (Å²) in [6, 6.07) is 8.07. The van der Waals surface area contributed by atoms with Gasteiger partial charge in [-0.3, -0.25) is 0 Å². The fourth-order valence-electron chi connectivity index (χ4n) is 1.34. The van der Waals surface area contributed by atoms with Gasteiger partial charge in [0.05, 0.1) is 0 Å². The molecule has 0 atom stereocenters. The van der Waals surface area contributed by atoms with Crippen LogP contribution in [0.4, 0.5) is 0 Å². The molecule has 1 aromatic rings. The van der Waals surface area contributed by atoms with E-state index in [9.17, 15) is 0 Å². The van der Waals surface area contributed by atoms with E-state index < -0.39 is 0 Å². The van der Waals surface area contributed by atoms with Gasteiger partial charge in [-0.25, -0.2) is 0 Å². The van der Waals surface area contributed by atoms with Crippen LogP contribution in [-0.4, -0.2) is 5.11 Å². The molecule has 0 bridgehead atoms. The first-order chi connectivity index (χ1) is 6.11. The minimum absolute atomic E-state index is 0.0979. The Kier molecular flexibility index (Phi) is 2.91. The third kappa shape index (κ3) is 2.48. The van der Waals surface area contributed by atoms with Crippen molar-refractivity contribution in [2.45, 2.75) is 13.8 Å². The number of rotatable bonds is 2. The number of allylic oxidation sites excluding steroid dienone is 2. The molecule has 0 radical (unpaired) electrons. The van der Waals surface area contributed by atoms with E-state index in [1.54, 1.807) is 6.08 Å². The first-order valence-corrected chi connectivity index (χ1v) is 4.23. The van der Waals surface area contributed by atoms with E-state index in [1.165, 1.54) is 5.56 Å². The van der Waals surface area contributed by atoms with Gasteiger partial charge in [0.2, 0.25) is 0 Å². The van der Waals surface area contributed by atoms with E-state index in [1.807, 2.05) is 38.1 Å². The molecule has 0 unspecified atom stereocenters. The van der Waals surface area contributed by atoms with Gasteiger partial charge in [0, 0.05) is 0 Å². The predicted octanol–water partition coefficient (Wildman–Crippen LogP) is 3.47. The van der Waals surface area contributed by atoms with Crippen molar-refractivity contribution in [2.24, 2.45) is 0 Å². The molecule has 13 heavy (non-hydrogen) atoms. The highest BCUT2D eigenvalue weighted by Crippen LogP contribution is 2.18. The molecule has 1 N–H and O–H groups in total. The maximum Gasteiger partial charge on any atom is 0.108 e. The molecule has 0 saturated carbocycles. The Morgan fingerprint density at radius 3 is 2.54 bits per heavy atom. The highest BCUT2D eigenvalue weighted by atomic mass is 16.3. The third-order valence-electron chi connectivity index (χ3n) is 1.95. The van der Waals surface area contributed by atoms with E-state index in [0.29, 0.717) is 0 Å². The molecule has 0 heterocycles. The lowest BCUT2D eigenvalue weighted by Crippen LogP contribution is -1.85. The Bertz CT molecular complexity index is 348. The van der Waals surface area contributed by atoms with Crippen molar-refractivity contribution in [3.05, 3.63) is 53.8 Å². The van der Waals surface area contributed by atoms with Crippen molar-refractivity contribution >= 4 is 5.57 Å². The monoisotopic (exact) mass is 174 g/mol. The summed E-state index contributed by atoms with van der Waals surface area (Å²) in [4.78, 5) is 0. The fourth-order valence-corrected chi connectivity index (χ4v) is 1.34. The lowest BCUT2D eigenvalue weighted by Gasteiger charge is -2.04. The summed E-state index contributed by atoms with van der Waals surface area (Å²) in [5.41, 5.74) is 3.39. The smallest absolute Gasteiger partial charge is 0.108 e. The highest BCUT2D eigenvalue weighted by molar-refractivity contribution is 5.68. The Morgan fingerprint density at radius 2 is 2.00 bits per heavy atom. The van der Waals surface area contributed by atoms with Crippen molar-refractivity contribution in [3.8, 4) is 0 Å². The molecule has 0 aliphatic carbocycles. The number of aliphatic hydroxyl groups excluding tert-OH is 1. The van der Waals surface area contributed by atoms with Crippen molar-refractivity contribution in [3.63, 3.8) is 0 Å². The quantitative estimate of drug-likeness (QED) is 0.537. The van der Waals surface area contributed by atoms with Gasteiger partial charge in [-0.15, -0.1) is 0 Å². The lowest BCUT2D eigenvalue weighted by atomic mass is 10.0. The summed E-state index contributed by atoms with van der Waals surface area (Å²) in [5.74, 6) is 0.0979. The standard InChI is InChI=1S/C12H14O/c1-9-6-4-5-7-12(9)10(2)8-11(3)13/h4-8,13H,3H2,1-2H3/b10-8+. The van der Waals surface area contributed by atoms with E-state index >= 15 is 0 Å². The first kappa shape index (κ1) is 9.59. The molecular weight excluding hydrogens is 160 g/mol. The second kappa shape index (κ2) is 3.94. The van der Waals surface area contributed by atoms with Gasteiger partial charge in [-0.1, -0.05) is 30.8 Å². The van der Waals surface area contributed by atoms with Gasteiger partial charge in [0.1, 0.15) is 5.76 Å². The van der Waals surface area contributed by atoms with Gasteiger partial charge >= 0.3 is 0 Å². The Hall–Kier alpha value is -1.50. The molecule has 1 rings (SSSR count). The van der Waals surface area contributed by atoms with Crippen molar-refractivity contribution in [2.75, 3.05) is 0 Å². The topological polar surface area (TPSA) is 20.2 Å². The Morgan fingerprint density at radius 1 is 1.38 bits per heavy atom. The SMILES string of the molecule is C=C(O)/C=C(\C)c1ccccc1C. The maximum absolute atomic E-state index is 9.00. The van der Waals surface area contributed by atoms with Gasteiger partial charge in [-0.2, -0.15) is 0 Å². The normalized spacial score (nSPS) is 11.4. The molecule has 1 nitrogen and oxygen atoms in total. The summed E-state index contributed by atoms with van der Waals surface area (Å²) >= 11 is 0. The predicted molar refractivity (Wildman–Crippen MR) is 56.6 cm³/mol. The summed E-state index contributed by atoms with van der Waals surface area (Å²) in [7, 11) is 0. The Labute approximate surface area is 79.0 Å². The van der Waals surface area contributed by atoms with Crippen LogP contribution >= 0.6 is 0 Å². The molecule has 1 aromatic carbocycles. The van der Waals surface area contributed by atoms with Gasteiger partial charge < -0.3 is 5.11 Å². The zero-order valence-electron chi connectivity index (χ0n) is 8.04. The van der Waals surface area contributed by atoms with Crippen molar-refractivity contribution in [1.82, 2.24) is 0 Å². The molecule has 68 valence electrons. The third-order valence-corrected chi connectivity index (χ3v) is 1.95. The van der Waals surface area contributed by atoms with Gasteiger partial charge in [0.25, 0.3) is 0 Å². The number of hydrogen-bond donors (Lipinski definition) is 1. The molecule has 0 aromatic heterocycles. The molecular formula is C12H14O. The zero-order valence-corrected chi connectivity index (χ0v) is 8.04. The summed E-state index contributed by atoms with van der Waals surface area (Å²) < 4.78 is 0. The van der Waals surface area contributed by atoms with E-state index in [2.05, 4.69) is 6.58 Å². The average molecular weight is 174 g/mol. The highest BCUT2D eigenvalue weighted by Gasteiger charge is 1.98. The number of benzene rings is 1. The van der Waals surface area contributed by atoms with E-state index in [4.69, 9.17) is 5.11 Å². The molecule has 0 saturated heterocycles. The van der Waals surface area contributed by atoms with Crippen LogP contribution in [0.5, 0.6) is 0 Å². The summed E-state index contributed by atoms with van der Waals surface area (Å²) in [6.07, 6.45) is 1.67. The van der Waals surface area contributed by atoms with Crippen LogP contribution in [0.2, 0.25) is 0 Å². The maximum atomic E-state index is 9.00.